The summed E-state index contributed by atoms with van der Waals surface area (Å²) in [7, 11) is 0. The standard InChI is InChI=1S/C32H34ClN7O2S/c1-19(41)35-32-37-26-12-11-24-28(21-5-4-14-34-18-21)38-40(29(24)30(26)43-32)27-13-6-20(17-25(27)33)31(42)36-22-7-9-23(10-8-22)39-15-2-3-16-39/h4-6,13-14,17-18,22-23H,2-3,7-12,15-16H2,1H3,(H,36,42)(H,35,37,41)/t22-,23-. The van der Waals surface area contributed by atoms with E-state index >= 15 is 0 Å². The van der Waals surface area contributed by atoms with Crippen molar-refractivity contribution in [1.29, 1.82) is 0 Å². The minimum Gasteiger partial charge on any atom is -0.349 e. The molecule has 2 N–H and O–H groups in total. The zero-order chi connectivity index (χ0) is 29.5. The van der Waals surface area contributed by atoms with Crippen LogP contribution in [0.1, 0.15) is 67.1 Å². The molecule has 0 bridgehead atoms. The average Bonchev–Trinajstić information content (AvgIpc) is 3.76. The van der Waals surface area contributed by atoms with Crippen LogP contribution < -0.4 is 10.6 Å². The molecule has 0 atom stereocenters. The second kappa shape index (κ2) is 11.8. The summed E-state index contributed by atoms with van der Waals surface area (Å²) in [6.45, 7) is 3.92. The summed E-state index contributed by atoms with van der Waals surface area (Å²) >= 11 is 8.35. The molecule has 3 aromatic heterocycles. The lowest BCUT2D eigenvalue weighted by atomic mass is 9.90. The van der Waals surface area contributed by atoms with Crippen molar-refractivity contribution in [2.75, 3.05) is 18.4 Å². The number of fused-ring (bicyclic) bond motifs is 3. The Morgan fingerprint density at radius 2 is 1.88 bits per heavy atom. The van der Waals surface area contributed by atoms with Crippen LogP contribution in [0.2, 0.25) is 5.02 Å². The van der Waals surface area contributed by atoms with Crippen molar-refractivity contribution in [3.63, 3.8) is 0 Å². The van der Waals surface area contributed by atoms with Gasteiger partial charge in [-0.3, -0.25) is 14.6 Å². The monoisotopic (exact) mass is 615 g/mol. The Hall–Kier alpha value is -3.60. The van der Waals surface area contributed by atoms with Gasteiger partial charge < -0.3 is 15.5 Å². The molecule has 1 aromatic carbocycles. The van der Waals surface area contributed by atoms with E-state index in [4.69, 9.17) is 21.7 Å². The summed E-state index contributed by atoms with van der Waals surface area (Å²) < 4.78 is 1.86. The lowest BCUT2D eigenvalue weighted by molar-refractivity contribution is -0.114. The molecule has 4 heterocycles. The molecule has 2 amide bonds. The summed E-state index contributed by atoms with van der Waals surface area (Å²) in [5, 5.41) is 12.1. The largest absolute Gasteiger partial charge is 0.349 e. The van der Waals surface area contributed by atoms with Gasteiger partial charge >= 0.3 is 0 Å². The number of hydrogen-bond acceptors (Lipinski definition) is 7. The molecule has 0 radical (unpaired) electrons. The van der Waals surface area contributed by atoms with Gasteiger partial charge in [-0.15, -0.1) is 0 Å². The Bertz CT molecular complexity index is 1670. The molecule has 0 unspecified atom stereocenters. The summed E-state index contributed by atoms with van der Waals surface area (Å²) in [4.78, 5) is 37.6. The number of benzene rings is 1. The number of aromatic nitrogens is 4. The third kappa shape index (κ3) is 5.59. The number of pyridine rings is 1. The van der Waals surface area contributed by atoms with Gasteiger partial charge in [0.1, 0.15) is 0 Å². The van der Waals surface area contributed by atoms with Crippen molar-refractivity contribution in [3.8, 4) is 27.5 Å². The summed E-state index contributed by atoms with van der Waals surface area (Å²) in [6.07, 6.45) is 11.9. The van der Waals surface area contributed by atoms with E-state index in [1.165, 1.54) is 44.2 Å². The number of anilines is 1. The normalized spacial score (nSPS) is 20.0. The zero-order valence-electron chi connectivity index (χ0n) is 24.1. The second-order valence-electron chi connectivity index (χ2n) is 11.7. The van der Waals surface area contributed by atoms with Gasteiger partial charge in [0, 0.05) is 48.1 Å². The molecule has 0 spiro atoms. The number of carbonyl (C=O) groups is 2. The molecule has 1 aliphatic heterocycles. The van der Waals surface area contributed by atoms with Gasteiger partial charge in [-0.2, -0.15) is 5.10 Å². The van der Waals surface area contributed by atoms with E-state index in [2.05, 4.69) is 20.5 Å². The smallest absolute Gasteiger partial charge is 0.251 e. The van der Waals surface area contributed by atoms with Gasteiger partial charge in [0.15, 0.2) is 5.13 Å². The first-order valence-corrected chi connectivity index (χ1v) is 16.3. The van der Waals surface area contributed by atoms with E-state index < -0.39 is 0 Å². The van der Waals surface area contributed by atoms with Crippen molar-refractivity contribution in [2.45, 2.75) is 70.4 Å². The first kappa shape index (κ1) is 28.2. The molecular formula is C32H34ClN7O2S. The van der Waals surface area contributed by atoms with Crippen LogP contribution in [0, 0.1) is 0 Å². The summed E-state index contributed by atoms with van der Waals surface area (Å²) in [5.41, 5.74) is 5.88. The number of hydrogen-bond donors (Lipinski definition) is 2. The molecule has 1 saturated carbocycles. The van der Waals surface area contributed by atoms with Crippen molar-refractivity contribution in [3.05, 3.63) is 64.6 Å². The summed E-state index contributed by atoms with van der Waals surface area (Å²) in [5.74, 6) is -0.256. The van der Waals surface area contributed by atoms with E-state index in [9.17, 15) is 9.59 Å². The van der Waals surface area contributed by atoms with Crippen LogP contribution in [-0.2, 0) is 17.6 Å². The lowest BCUT2D eigenvalue weighted by Crippen LogP contribution is -2.43. The highest BCUT2D eigenvalue weighted by Crippen LogP contribution is 2.44. The van der Waals surface area contributed by atoms with Gasteiger partial charge in [0.05, 0.1) is 32.7 Å². The Kier molecular flexibility index (Phi) is 7.75. The van der Waals surface area contributed by atoms with E-state index in [-0.39, 0.29) is 17.9 Å². The molecule has 2 fully saturated rings. The van der Waals surface area contributed by atoms with Crippen molar-refractivity contribution in [1.82, 2.24) is 30.0 Å². The number of thiazole rings is 1. The SMILES string of the molecule is CC(=O)Nc1nc2c(s1)-c1c(c(-c3cccnc3)nn1-c1ccc(C(=O)N[C@H]3CC[C@H](N4CCCC4)CC3)cc1Cl)CC2. The molecular weight excluding hydrogens is 582 g/mol. The lowest BCUT2D eigenvalue weighted by Gasteiger charge is -2.34. The third-order valence-corrected chi connectivity index (χ3v) is 10.2. The molecule has 43 heavy (non-hydrogen) atoms. The highest BCUT2D eigenvalue weighted by atomic mass is 35.5. The molecule has 1 saturated heterocycles. The molecule has 11 heteroatoms. The quantitative estimate of drug-likeness (QED) is 0.280. The fourth-order valence-corrected chi connectivity index (χ4v) is 8.14. The third-order valence-electron chi connectivity index (χ3n) is 8.85. The molecule has 4 aromatic rings. The van der Waals surface area contributed by atoms with E-state index in [0.29, 0.717) is 27.4 Å². The minimum atomic E-state index is -0.160. The van der Waals surface area contributed by atoms with E-state index in [0.717, 1.165) is 71.6 Å². The molecule has 2 aliphatic carbocycles. The topological polar surface area (TPSA) is 105 Å². The molecule has 222 valence electrons. The fourth-order valence-electron chi connectivity index (χ4n) is 6.76. The zero-order valence-corrected chi connectivity index (χ0v) is 25.7. The number of aryl methyl sites for hydroxylation is 1. The Morgan fingerprint density at radius 1 is 1.07 bits per heavy atom. The van der Waals surface area contributed by atoms with Crippen LogP contribution in [0.4, 0.5) is 5.13 Å². The van der Waals surface area contributed by atoms with Gasteiger partial charge in [-0.05, 0) is 94.8 Å². The van der Waals surface area contributed by atoms with Gasteiger partial charge in [-0.1, -0.05) is 22.9 Å². The maximum absolute atomic E-state index is 13.3. The summed E-state index contributed by atoms with van der Waals surface area (Å²) in [6, 6.07) is 10.2. The van der Waals surface area contributed by atoms with Crippen molar-refractivity contribution in [2.24, 2.45) is 0 Å². The highest BCUT2D eigenvalue weighted by Gasteiger charge is 2.31. The van der Waals surface area contributed by atoms with Gasteiger partial charge in [0.25, 0.3) is 5.91 Å². The van der Waals surface area contributed by atoms with Crippen LogP contribution in [0.25, 0.3) is 27.5 Å². The van der Waals surface area contributed by atoms with Crippen LogP contribution in [0.15, 0.2) is 42.7 Å². The molecule has 9 nitrogen and oxygen atoms in total. The predicted octanol–water partition coefficient (Wildman–Crippen LogP) is 5.91. The number of nitrogens with one attached hydrogen (secondary N) is 2. The number of carbonyl (C=O) groups excluding carboxylic acids is 2. The van der Waals surface area contributed by atoms with Crippen molar-refractivity contribution >= 4 is 39.9 Å². The minimum absolute atomic E-state index is 0.0960. The number of halogens is 1. The number of rotatable bonds is 6. The van der Waals surface area contributed by atoms with E-state index in [1.807, 2.05) is 35.1 Å². The Labute approximate surface area is 259 Å². The number of amides is 2. The van der Waals surface area contributed by atoms with Crippen LogP contribution >= 0.6 is 22.9 Å². The second-order valence-corrected chi connectivity index (χ2v) is 13.1. The average molecular weight is 616 g/mol. The van der Waals surface area contributed by atoms with Gasteiger partial charge in [0.2, 0.25) is 5.91 Å². The maximum Gasteiger partial charge on any atom is 0.251 e. The van der Waals surface area contributed by atoms with Crippen LogP contribution in [0.5, 0.6) is 0 Å². The number of likely N-dealkylation sites (tertiary alicyclic amines) is 1. The van der Waals surface area contributed by atoms with Gasteiger partial charge in [-0.25, -0.2) is 9.67 Å². The fraction of sp³-hybridized carbons (Fsp3) is 0.406. The highest BCUT2D eigenvalue weighted by molar-refractivity contribution is 7.19. The first-order valence-electron chi connectivity index (χ1n) is 15.1. The van der Waals surface area contributed by atoms with Crippen LogP contribution in [-0.4, -0.2) is 61.6 Å². The number of nitrogens with zero attached hydrogens (tertiary/aromatic N) is 5. The van der Waals surface area contributed by atoms with E-state index in [1.54, 1.807) is 12.3 Å². The van der Waals surface area contributed by atoms with Crippen LogP contribution in [0.3, 0.4) is 0 Å². The first-order chi connectivity index (χ1) is 20.9. The Balaban J connectivity index is 1.17. The predicted molar refractivity (Wildman–Crippen MR) is 169 cm³/mol. The molecule has 3 aliphatic rings. The molecule has 7 rings (SSSR count). The van der Waals surface area contributed by atoms with Crippen molar-refractivity contribution < 1.29 is 9.59 Å². The Morgan fingerprint density at radius 3 is 2.60 bits per heavy atom. The maximum atomic E-state index is 13.3.